The zero-order chi connectivity index (χ0) is 11.5. The van der Waals surface area contributed by atoms with Crippen molar-refractivity contribution in [1.29, 1.82) is 10.5 Å². The predicted molar refractivity (Wildman–Crippen MR) is 58.0 cm³/mol. The van der Waals surface area contributed by atoms with Crippen LogP contribution in [-0.2, 0) is 0 Å². The van der Waals surface area contributed by atoms with Crippen molar-refractivity contribution in [3.05, 3.63) is 36.0 Å². The SMILES string of the molecule is N#CC(C#N)[C@@H](O)c1c[nH]c2ccccc12. The average molecular weight is 211 g/mol. The lowest BCUT2D eigenvalue weighted by atomic mass is 9.98. The molecule has 1 heterocycles. The molecule has 2 aromatic rings. The van der Waals surface area contributed by atoms with Crippen molar-refractivity contribution in [2.24, 2.45) is 5.92 Å². The van der Waals surface area contributed by atoms with Crippen LogP contribution in [-0.4, -0.2) is 10.1 Å². The van der Waals surface area contributed by atoms with Crippen LogP contribution in [0.5, 0.6) is 0 Å². The number of benzene rings is 1. The second kappa shape index (κ2) is 4.06. The Bertz CT molecular complexity index is 574. The summed E-state index contributed by atoms with van der Waals surface area (Å²) in [5.41, 5.74) is 1.47. The quantitative estimate of drug-likeness (QED) is 0.795. The number of H-pyrrole nitrogens is 1. The fraction of sp³-hybridized carbons (Fsp3) is 0.167. The summed E-state index contributed by atoms with van der Waals surface area (Å²) < 4.78 is 0. The molecule has 1 aromatic carbocycles. The summed E-state index contributed by atoms with van der Waals surface area (Å²) in [6.07, 6.45) is 0.558. The maximum Gasteiger partial charge on any atom is 0.163 e. The number of nitrogens with one attached hydrogen (secondary N) is 1. The number of rotatable bonds is 2. The fourth-order valence-corrected chi connectivity index (χ4v) is 1.69. The normalized spacial score (nSPS) is 12.2. The van der Waals surface area contributed by atoms with E-state index in [1.807, 2.05) is 24.3 Å². The molecule has 0 saturated heterocycles. The molecule has 2 N–H and O–H groups in total. The maximum atomic E-state index is 9.90. The number of nitrogens with zero attached hydrogens (tertiary/aromatic N) is 2. The first-order valence-corrected chi connectivity index (χ1v) is 4.81. The third kappa shape index (κ3) is 1.52. The number of aliphatic hydroxyl groups is 1. The average Bonchev–Trinajstić information content (AvgIpc) is 2.74. The van der Waals surface area contributed by atoms with Crippen LogP contribution in [0, 0.1) is 28.6 Å². The van der Waals surface area contributed by atoms with Gasteiger partial charge in [0.05, 0.1) is 12.1 Å². The lowest BCUT2D eigenvalue weighted by Gasteiger charge is -2.08. The van der Waals surface area contributed by atoms with Gasteiger partial charge in [0, 0.05) is 22.7 Å². The number of aromatic amines is 1. The Morgan fingerprint density at radius 3 is 2.56 bits per heavy atom. The highest BCUT2D eigenvalue weighted by atomic mass is 16.3. The van der Waals surface area contributed by atoms with Crippen molar-refractivity contribution in [2.45, 2.75) is 6.10 Å². The van der Waals surface area contributed by atoms with Gasteiger partial charge >= 0.3 is 0 Å². The molecule has 4 heteroatoms. The summed E-state index contributed by atoms with van der Waals surface area (Å²) in [6.45, 7) is 0. The molecule has 0 aliphatic heterocycles. The summed E-state index contributed by atoms with van der Waals surface area (Å²) in [4.78, 5) is 2.99. The molecule has 0 unspecified atom stereocenters. The van der Waals surface area contributed by atoms with E-state index in [9.17, 15) is 5.11 Å². The molecule has 0 spiro atoms. The van der Waals surface area contributed by atoms with Crippen molar-refractivity contribution >= 4 is 10.9 Å². The van der Waals surface area contributed by atoms with Crippen LogP contribution in [0.2, 0.25) is 0 Å². The molecule has 4 nitrogen and oxygen atoms in total. The Morgan fingerprint density at radius 1 is 1.19 bits per heavy atom. The van der Waals surface area contributed by atoms with E-state index in [0.717, 1.165) is 10.9 Å². The molecule has 1 aromatic heterocycles. The van der Waals surface area contributed by atoms with Gasteiger partial charge in [-0.1, -0.05) is 18.2 Å². The molecule has 0 aliphatic carbocycles. The van der Waals surface area contributed by atoms with Crippen molar-refractivity contribution in [3.8, 4) is 12.1 Å². The summed E-state index contributed by atoms with van der Waals surface area (Å²) >= 11 is 0. The number of aromatic nitrogens is 1. The molecule has 1 atom stereocenters. The largest absolute Gasteiger partial charge is 0.386 e. The first-order chi connectivity index (χ1) is 7.77. The number of para-hydroxylation sites is 1. The van der Waals surface area contributed by atoms with Gasteiger partial charge in [0.1, 0.15) is 6.10 Å². The molecule has 0 radical (unpaired) electrons. The number of hydrogen-bond acceptors (Lipinski definition) is 3. The fourth-order valence-electron chi connectivity index (χ4n) is 1.69. The number of hydrogen-bond donors (Lipinski definition) is 2. The second-order valence-corrected chi connectivity index (χ2v) is 3.47. The first-order valence-electron chi connectivity index (χ1n) is 4.81. The van der Waals surface area contributed by atoms with Crippen LogP contribution in [0.25, 0.3) is 10.9 Å². The smallest absolute Gasteiger partial charge is 0.163 e. The van der Waals surface area contributed by atoms with E-state index in [2.05, 4.69) is 4.98 Å². The Morgan fingerprint density at radius 2 is 1.88 bits per heavy atom. The predicted octanol–water partition coefficient (Wildman–Crippen LogP) is 1.86. The standard InChI is InChI=1S/C12H9N3O/c13-5-8(6-14)12(16)10-7-15-11-4-2-1-3-9(10)11/h1-4,7-8,12,15-16H/t12-/m1/s1. The van der Waals surface area contributed by atoms with E-state index >= 15 is 0 Å². The zero-order valence-corrected chi connectivity index (χ0v) is 8.38. The van der Waals surface area contributed by atoms with E-state index in [1.54, 1.807) is 18.3 Å². The van der Waals surface area contributed by atoms with Crippen LogP contribution in [0.3, 0.4) is 0 Å². The van der Waals surface area contributed by atoms with Gasteiger partial charge in [-0.2, -0.15) is 10.5 Å². The summed E-state index contributed by atoms with van der Waals surface area (Å²) in [6, 6.07) is 11.0. The Hall–Kier alpha value is -2.30. The topological polar surface area (TPSA) is 83.6 Å². The van der Waals surface area contributed by atoms with Crippen molar-refractivity contribution in [3.63, 3.8) is 0 Å². The highest BCUT2D eigenvalue weighted by Gasteiger charge is 2.22. The third-order valence-electron chi connectivity index (χ3n) is 2.53. The number of fused-ring (bicyclic) bond motifs is 1. The summed E-state index contributed by atoms with van der Waals surface area (Å²) in [5.74, 6) is -1.04. The molecule has 0 amide bonds. The Labute approximate surface area is 92.4 Å². The van der Waals surface area contributed by atoms with Gasteiger partial charge in [0.2, 0.25) is 0 Å². The molecule has 0 saturated carbocycles. The van der Waals surface area contributed by atoms with Crippen LogP contribution in [0.15, 0.2) is 30.5 Å². The minimum atomic E-state index is -1.08. The van der Waals surface area contributed by atoms with Gasteiger partial charge in [-0.25, -0.2) is 0 Å². The second-order valence-electron chi connectivity index (χ2n) is 3.47. The van der Waals surface area contributed by atoms with Crippen LogP contribution in [0.4, 0.5) is 0 Å². The minimum absolute atomic E-state index is 0.587. The van der Waals surface area contributed by atoms with E-state index in [-0.39, 0.29) is 0 Å². The Kier molecular flexibility index (Phi) is 2.59. The van der Waals surface area contributed by atoms with E-state index in [0.29, 0.717) is 5.56 Å². The maximum absolute atomic E-state index is 9.90. The monoisotopic (exact) mass is 211 g/mol. The lowest BCUT2D eigenvalue weighted by molar-refractivity contribution is 0.158. The highest BCUT2D eigenvalue weighted by Crippen LogP contribution is 2.28. The molecular formula is C12H9N3O. The van der Waals surface area contributed by atoms with E-state index in [4.69, 9.17) is 10.5 Å². The molecule has 0 bridgehead atoms. The number of nitriles is 2. The molecule has 78 valence electrons. The number of aliphatic hydroxyl groups excluding tert-OH is 1. The van der Waals surface area contributed by atoms with Gasteiger partial charge in [-0.05, 0) is 6.07 Å². The molecule has 16 heavy (non-hydrogen) atoms. The molecule has 2 rings (SSSR count). The van der Waals surface area contributed by atoms with Gasteiger partial charge in [0.15, 0.2) is 5.92 Å². The van der Waals surface area contributed by atoms with Crippen molar-refractivity contribution in [2.75, 3.05) is 0 Å². The molecule has 0 aliphatic rings. The van der Waals surface area contributed by atoms with Gasteiger partial charge in [-0.3, -0.25) is 0 Å². The lowest BCUT2D eigenvalue weighted by Crippen LogP contribution is -2.07. The van der Waals surface area contributed by atoms with Gasteiger partial charge in [-0.15, -0.1) is 0 Å². The highest BCUT2D eigenvalue weighted by molar-refractivity contribution is 5.83. The zero-order valence-electron chi connectivity index (χ0n) is 8.38. The molecular weight excluding hydrogens is 202 g/mol. The summed E-state index contributed by atoms with van der Waals surface area (Å²) in [5, 5.41) is 28.2. The molecule has 0 fully saturated rings. The van der Waals surface area contributed by atoms with E-state index < -0.39 is 12.0 Å². The first kappa shape index (κ1) is 10.2. The van der Waals surface area contributed by atoms with Crippen molar-refractivity contribution in [1.82, 2.24) is 4.98 Å². The van der Waals surface area contributed by atoms with E-state index in [1.165, 1.54) is 0 Å². The van der Waals surface area contributed by atoms with Crippen LogP contribution in [0.1, 0.15) is 11.7 Å². The van der Waals surface area contributed by atoms with Crippen LogP contribution >= 0.6 is 0 Å². The Balaban J connectivity index is 2.49. The summed E-state index contributed by atoms with van der Waals surface area (Å²) in [7, 11) is 0. The van der Waals surface area contributed by atoms with Crippen molar-refractivity contribution < 1.29 is 5.11 Å². The third-order valence-corrected chi connectivity index (χ3v) is 2.53. The van der Waals surface area contributed by atoms with Gasteiger partial charge in [0.25, 0.3) is 0 Å². The minimum Gasteiger partial charge on any atom is -0.386 e. The van der Waals surface area contributed by atoms with Gasteiger partial charge < -0.3 is 10.1 Å². The van der Waals surface area contributed by atoms with Crippen LogP contribution < -0.4 is 0 Å².